The molecule has 140 valence electrons. The Morgan fingerprint density at radius 1 is 1.27 bits per heavy atom. The van der Waals surface area contributed by atoms with Gasteiger partial charge in [0.15, 0.2) is 11.5 Å². The average Bonchev–Trinajstić information content (AvgIpc) is 2.88. The van der Waals surface area contributed by atoms with Gasteiger partial charge in [-0.15, -0.1) is 0 Å². The van der Waals surface area contributed by atoms with E-state index in [0.717, 1.165) is 21.8 Å². The maximum Gasteiger partial charge on any atom is 0.293 e. The second-order valence-corrected chi connectivity index (χ2v) is 7.03. The number of amides is 2. The van der Waals surface area contributed by atoms with E-state index in [9.17, 15) is 9.59 Å². The molecule has 0 radical (unpaired) electrons. The normalized spacial score (nSPS) is 15.7. The van der Waals surface area contributed by atoms with Gasteiger partial charge < -0.3 is 14.2 Å². The van der Waals surface area contributed by atoms with Gasteiger partial charge in [0, 0.05) is 11.6 Å². The summed E-state index contributed by atoms with van der Waals surface area (Å²) in [6.45, 7) is 6.87. The van der Waals surface area contributed by atoms with Crippen LogP contribution in [0.25, 0.3) is 6.08 Å². The number of methoxy groups -OCH3 is 1. The van der Waals surface area contributed by atoms with Crippen molar-refractivity contribution < 1.29 is 23.8 Å². The van der Waals surface area contributed by atoms with Crippen LogP contribution in [0.4, 0.5) is 4.79 Å². The molecule has 0 N–H and O–H groups in total. The van der Waals surface area contributed by atoms with E-state index in [2.05, 4.69) is 22.5 Å². The van der Waals surface area contributed by atoms with Gasteiger partial charge in [-0.3, -0.25) is 14.5 Å². The van der Waals surface area contributed by atoms with Gasteiger partial charge >= 0.3 is 0 Å². The van der Waals surface area contributed by atoms with Gasteiger partial charge in [0.25, 0.3) is 11.1 Å². The molecule has 0 saturated carbocycles. The smallest absolute Gasteiger partial charge is 0.293 e. The topological polar surface area (TPSA) is 65.1 Å². The highest BCUT2D eigenvalue weighted by atomic mass is 79.9. The summed E-state index contributed by atoms with van der Waals surface area (Å²) in [4.78, 5) is 26.0. The van der Waals surface area contributed by atoms with E-state index in [-0.39, 0.29) is 17.7 Å². The van der Waals surface area contributed by atoms with Crippen LogP contribution in [0.1, 0.15) is 12.5 Å². The molecular weight excluding hydrogens is 422 g/mol. The Hall–Kier alpha value is -1.77. The third-order valence-corrected chi connectivity index (χ3v) is 4.99. The van der Waals surface area contributed by atoms with Crippen molar-refractivity contribution in [2.45, 2.75) is 6.92 Å². The number of ether oxygens (including phenoxy) is 3. The number of rotatable bonds is 9. The van der Waals surface area contributed by atoms with Crippen LogP contribution in [0.2, 0.25) is 0 Å². The molecule has 1 heterocycles. The van der Waals surface area contributed by atoms with E-state index in [1.165, 1.54) is 12.0 Å². The van der Waals surface area contributed by atoms with Crippen LogP contribution in [0.3, 0.4) is 0 Å². The standard InChI is InChI=1S/C18H20BrNO5S/c1-4-7-25-15-11-13(19)12(9-14(15)24-5-2)10-16-17(21)20(6-8-23-3)18(22)26-16/h4,9-11H,1,5-8H2,2-3H3/b16-10+. The van der Waals surface area contributed by atoms with Crippen molar-refractivity contribution in [1.82, 2.24) is 4.90 Å². The lowest BCUT2D eigenvalue weighted by atomic mass is 10.2. The lowest BCUT2D eigenvalue weighted by Crippen LogP contribution is -2.31. The van der Waals surface area contributed by atoms with Crippen molar-refractivity contribution in [2.24, 2.45) is 0 Å². The Morgan fingerprint density at radius 2 is 2.00 bits per heavy atom. The number of carbonyl (C=O) groups is 2. The fourth-order valence-electron chi connectivity index (χ4n) is 2.21. The van der Waals surface area contributed by atoms with Crippen LogP contribution in [-0.4, -0.2) is 49.5 Å². The first-order valence-corrected chi connectivity index (χ1v) is 9.57. The first kappa shape index (κ1) is 20.5. The third kappa shape index (κ3) is 4.90. The van der Waals surface area contributed by atoms with Crippen LogP contribution in [0, 0.1) is 0 Å². The molecule has 0 unspecified atom stereocenters. The number of carbonyl (C=O) groups excluding carboxylic acids is 2. The zero-order valence-corrected chi connectivity index (χ0v) is 17.0. The molecular formula is C18H20BrNO5S. The van der Waals surface area contributed by atoms with E-state index >= 15 is 0 Å². The van der Waals surface area contributed by atoms with E-state index < -0.39 is 0 Å². The molecule has 6 nitrogen and oxygen atoms in total. The summed E-state index contributed by atoms with van der Waals surface area (Å²) >= 11 is 4.39. The molecule has 1 saturated heterocycles. The van der Waals surface area contributed by atoms with Crippen LogP contribution in [-0.2, 0) is 9.53 Å². The molecule has 1 aromatic carbocycles. The Morgan fingerprint density at radius 3 is 2.65 bits per heavy atom. The Balaban J connectivity index is 2.31. The molecule has 26 heavy (non-hydrogen) atoms. The van der Waals surface area contributed by atoms with Crippen molar-refractivity contribution >= 4 is 44.9 Å². The van der Waals surface area contributed by atoms with E-state index in [1.54, 1.807) is 24.3 Å². The molecule has 2 amide bonds. The molecule has 1 fully saturated rings. The lowest BCUT2D eigenvalue weighted by Gasteiger charge is -2.13. The maximum absolute atomic E-state index is 12.4. The summed E-state index contributed by atoms with van der Waals surface area (Å²) in [6.07, 6.45) is 3.31. The molecule has 0 bridgehead atoms. The fraction of sp³-hybridized carbons (Fsp3) is 0.333. The highest BCUT2D eigenvalue weighted by Gasteiger charge is 2.34. The van der Waals surface area contributed by atoms with Gasteiger partial charge in [-0.2, -0.15) is 0 Å². The number of hydrogen-bond acceptors (Lipinski definition) is 6. The molecule has 0 spiro atoms. The second kappa shape index (κ2) is 9.80. The van der Waals surface area contributed by atoms with Gasteiger partial charge in [-0.1, -0.05) is 28.6 Å². The number of imide groups is 1. The monoisotopic (exact) mass is 441 g/mol. The van der Waals surface area contributed by atoms with E-state index in [1.807, 2.05) is 6.92 Å². The first-order chi connectivity index (χ1) is 12.5. The van der Waals surface area contributed by atoms with Gasteiger partial charge in [0.2, 0.25) is 0 Å². The molecule has 0 aromatic heterocycles. The zero-order valence-electron chi connectivity index (χ0n) is 14.6. The molecule has 8 heteroatoms. The van der Waals surface area contributed by atoms with Crippen molar-refractivity contribution in [1.29, 1.82) is 0 Å². The summed E-state index contributed by atoms with van der Waals surface area (Å²) in [5, 5.41) is -0.301. The number of benzene rings is 1. The summed E-state index contributed by atoms with van der Waals surface area (Å²) in [7, 11) is 1.53. The van der Waals surface area contributed by atoms with Crippen molar-refractivity contribution in [3.05, 3.63) is 39.7 Å². The van der Waals surface area contributed by atoms with Gasteiger partial charge in [-0.25, -0.2) is 0 Å². The Bertz CT molecular complexity index is 735. The summed E-state index contributed by atoms with van der Waals surface area (Å²) in [5.74, 6) is 0.806. The molecule has 1 aliphatic heterocycles. The van der Waals surface area contributed by atoms with Crippen LogP contribution < -0.4 is 9.47 Å². The Labute approximate surface area is 165 Å². The van der Waals surface area contributed by atoms with Crippen molar-refractivity contribution in [2.75, 3.05) is 33.5 Å². The largest absolute Gasteiger partial charge is 0.490 e. The first-order valence-electron chi connectivity index (χ1n) is 7.96. The quantitative estimate of drug-likeness (QED) is 0.424. The fourth-order valence-corrected chi connectivity index (χ4v) is 3.50. The van der Waals surface area contributed by atoms with Crippen molar-refractivity contribution in [3.63, 3.8) is 0 Å². The average molecular weight is 442 g/mol. The summed E-state index contributed by atoms with van der Waals surface area (Å²) < 4.78 is 16.9. The van der Waals surface area contributed by atoms with Gasteiger partial charge in [-0.05, 0) is 42.5 Å². The minimum atomic E-state index is -0.325. The predicted octanol–water partition coefficient (Wildman–Crippen LogP) is 4.10. The zero-order chi connectivity index (χ0) is 19.1. The van der Waals surface area contributed by atoms with E-state index in [0.29, 0.717) is 36.2 Å². The summed E-state index contributed by atoms with van der Waals surface area (Å²) in [6, 6.07) is 3.55. The SMILES string of the molecule is C=CCOc1cc(Br)c(/C=C2/SC(=O)N(CCOC)C2=O)cc1OCC. The number of nitrogens with zero attached hydrogens (tertiary/aromatic N) is 1. The third-order valence-electron chi connectivity index (χ3n) is 3.40. The molecule has 1 aliphatic rings. The Kier molecular flexibility index (Phi) is 7.74. The minimum absolute atomic E-state index is 0.234. The van der Waals surface area contributed by atoms with Gasteiger partial charge in [0.1, 0.15) is 6.61 Å². The molecule has 0 atom stereocenters. The second-order valence-electron chi connectivity index (χ2n) is 5.18. The van der Waals surface area contributed by atoms with Crippen LogP contribution in [0.5, 0.6) is 11.5 Å². The minimum Gasteiger partial charge on any atom is -0.490 e. The van der Waals surface area contributed by atoms with Crippen LogP contribution >= 0.6 is 27.7 Å². The van der Waals surface area contributed by atoms with Crippen LogP contribution in [0.15, 0.2) is 34.2 Å². The highest BCUT2D eigenvalue weighted by molar-refractivity contribution is 9.10. The number of hydrogen-bond donors (Lipinski definition) is 0. The van der Waals surface area contributed by atoms with Gasteiger partial charge in [0.05, 0.1) is 24.7 Å². The predicted molar refractivity (Wildman–Crippen MR) is 106 cm³/mol. The number of thioether (sulfide) groups is 1. The molecule has 0 aliphatic carbocycles. The van der Waals surface area contributed by atoms with Crippen molar-refractivity contribution in [3.8, 4) is 11.5 Å². The summed E-state index contributed by atoms with van der Waals surface area (Å²) in [5.41, 5.74) is 0.719. The highest BCUT2D eigenvalue weighted by Crippen LogP contribution is 2.38. The lowest BCUT2D eigenvalue weighted by molar-refractivity contribution is -0.123. The number of halogens is 1. The maximum atomic E-state index is 12.4. The molecule has 2 rings (SSSR count). The molecule has 1 aromatic rings. The van der Waals surface area contributed by atoms with E-state index in [4.69, 9.17) is 14.2 Å².